The highest BCUT2D eigenvalue weighted by molar-refractivity contribution is 7.22. The summed E-state index contributed by atoms with van der Waals surface area (Å²) >= 11 is 1.57. The minimum absolute atomic E-state index is 0.0305. The van der Waals surface area contributed by atoms with Crippen molar-refractivity contribution < 1.29 is 19.2 Å². The summed E-state index contributed by atoms with van der Waals surface area (Å²) in [6.45, 7) is 7.07. The molecule has 0 bridgehead atoms. The smallest absolute Gasteiger partial charge is 0.260 e. The van der Waals surface area contributed by atoms with Crippen LogP contribution in [0.4, 0.5) is 5.13 Å². The molecule has 1 saturated heterocycles. The van der Waals surface area contributed by atoms with E-state index in [0.717, 1.165) is 59.5 Å². The van der Waals surface area contributed by atoms with E-state index in [0.29, 0.717) is 12.1 Å². The molecular weight excluding hydrogens is 386 g/mol. The van der Waals surface area contributed by atoms with E-state index < -0.39 is 0 Å². The van der Waals surface area contributed by atoms with Crippen molar-refractivity contribution in [2.24, 2.45) is 0 Å². The Balaban J connectivity index is 1.63. The first-order valence-corrected chi connectivity index (χ1v) is 10.7. The van der Waals surface area contributed by atoms with Crippen LogP contribution < -0.4 is 14.5 Å². The number of para-hydroxylation sites is 1. The summed E-state index contributed by atoms with van der Waals surface area (Å²) in [5.74, 6) is 0.707. The van der Waals surface area contributed by atoms with Crippen molar-refractivity contribution in [3.63, 3.8) is 0 Å². The topological polar surface area (TPSA) is 56.1 Å². The lowest BCUT2D eigenvalue weighted by Gasteiger charge is -2.27. The molecule has 1 N–H and O–H groups in total. The van der Waals surface area contributed by atoms with Gasteiger partial charge in [0.15, 0.2) is 5.13 Å². The van der Waals surface area contributed by atoms with Crippen LogP contribution >= 0.6 is 11.3 Å². The third-order valence-corrected chi connectivity index (χ3v) is 6.35. The molecule has 1 amide bonds. The summed E-state index contributed by atoms with van der Waals surface area (Å²) in [5, 5.41) is 0.753. The fourth-order valence-electron chi connectivity index (χ4n) is 3.54. The van der Waals surface area contributed by atoms with Crippen LogP contribution in [0.25, 0.3) is 10.2 Å². The van der Waals surface area contributed by atoms with Crippen LogP contribution in [0, 0.1) is 6.92 Å². The lowest BCUT2D eigenvalue weighted by atomic mass is 10.2. The van der Waals surface area contributed by atoms with E-state index in [9.17, 15) is 4.79 Å². The third-order valence-electron chi connectivity index (χ3n) is 5.31. The van der Waals surface area contributed by atoms with E-state index >= 15 is 0 Å². The maximum atomic E-state index is 13.4. The Morgan fingerprint density at radius 1 is 1.21 bits per heavy atom. The molecule has 0 radical (unpaired) electrons. The van der Waals surface area contributed by atoms with E-state index in [1.807, 2.05) is 35.2 Å². The first-order valence-electron chi connectivity index (χ1n) is 9.89. The maximum Gasteiger partial charge on any atom is 0.260 e. The fourth-order valence-corrected chi connectivity index (χ4v) is 4.61. The minimum atomic E-state index is -0.0305. The zero-order chi connectivity index (χ0) is 20.2. The zero-order valence-electron chi connectivity index (χ0n) is 16.8. The maximum absolute atomic E-state index is 13.4. The fraction of sp³-hybridized carbons (Fsp3) is 0.364. The molecule has 7 heteroatoms. The summed E-state index contributed by atoms with van der Waals surface area (Å²) in [6.07, 6.45) is 0. The number of morpholine rings is 1. The number of aromatic nitrogens is 1. The summed E-state index contributed by atoms with van der Waals surface area (Å²) in [7, 11) is 1.62. The second-order valence-electron chi connectivity index (χ2n) is 7.22. The molecule has 1 aromatic heterocycles. The molecule has 2 aromatic carbocycles. The van der Waals surface area contributed by atoms with Gasteiger partial charge >= 0.3 is 0 Å². The Labute approximate surface area is 174 Å². The molecule has 1 aliphatic rings. The average Bonchev–Trinajstić information content (AvgIpc) is 3.20. The van der Waals surface area contributed by atoms with Gasteiger partial charge in [0.05, 0.1) is 43.6 Å². The first-order chi connectivity index (χ1) is 14.2. The number of carbonyl (C=O) groups excluding carboxylic acids is 1. The summed E-state index contributed by atoms with van der Waals surface area (Å²) in [6, 6.07) is 13.4. The van der Waals surface area contributed by atoms with E-state index in [4.69, 9.17) is 14.5 Å². The number of aryl methyl sites for hydroxylation is 1. The molecular formula is C22H26N3O3S+. The molecule has 1 fully saturated rings. The highest BCUT2D eigenvalue weighted by Crippen LogP contribution is 2.31. The number of hydrogen-bond acceptors (Lipinski definition) is 5. The number of nitrogens with one attached hydrogen (secondary N) is 1. The van der Waals surface area contributed by atoms with Crippen molar-refractivity contribution in [1.29, 1.82) is 0 Å². The summed E-state index contributed by atoms with van der Waals surface area (Å²) in [5.41, 5.74) is 2.73. The number of nitrogens with zero attached hydrogens (tertiary/aromatic N) is 2. The van der Waals surface area contributed by atoms with Crippen molar-refractivity contribution in [1.82, 2.24) is 4.98 Å². The lowest BCUT2D eigenvalue weighted by Crippen LogP contribution is -3.14. The molecule has 0 saturated carbocycles. The molecule has 152 valence electrons. The van der Waals surface area contributed by atoms with Crippen molar-refractivity contribution in [2.45, 2.75) is 6.92 Å². The number of fused-ring (bicyclic) bond motifs is 1. The van der Waals surface area contributed by atoms with Gasteiger partial charge < -0.3 is 14.4 Å². The van der Waals surface area contributed by atoms with E-state index in [2.05, 4.69) is 19.1 Å². The second kappa shape index (κ2) is 8.90. The molecule has 29 heavy (non-hydrogen) atoms. The number of benzene rings is 2. The highest BCUT2D eigenvalue weighted by Gasteiger charge is 2.24. The second-order valence-corrected chi connectivity index (χ2v) is 8.22. The van der Waals surface area contributed by atoms with Gasteiger partial charge in [-0.1, -0.05) is 23.5 Å². The van der Waals surface area contributed by atoms with E-state index in [-0.39, 0.29) is 5.91 Å². The van der Waals surface area contributed by atoms with Crippen molar-refractivity contribution in [3.05, 3.63) is 53.6 Å². The van der Waals surface area contributed by atoms with Crippen molar-refractivity contribution in [2.75, 3.05) is 51.4 Å². The van der Waals surface area contributed by atoms with Gasteiger partial charge in [-0.15, -0.1) is 0 Å². The largest absolute Gasteiger partial charge is 0.497 e. The number of carbonyl (C=O) groups is 1. The number of anilines is 1. The monoisotopic (exact) mass is 412 g/mol. The number of quaternary nitrogens is 1. The predicted octanol–water partition coefficient (Wildman–Crippen LogP) is 2.18. The van der Waals surface area contributed by atoms with Crippen LogP contribution in [-0.4, -0.2) is 57.4 Å². The van der Waals surface area contributed by atoms with Gasteiger partial charge in [-0.2, -0.15) is 0 Å². The van der Waals surface area contributed by atoms with Crippen LogP contribution in [0.3, 0.4) is 0 Å². The van der Waals surface area contributed by atoms with Crippen molar-refractivity contribution in [3.8, 4) is 5.75 Å². The van der Waals surface area contributed by atoms with E-state index in [1.165, 1.54) is 4.90 Å². The number of rotatable bonds is 6. The van der Waals surface area contributed by atoms with Gasteiger partial charge in [-0.3, -0.25) is 9.69 Å². The molecule has 0 aliphatic carbocycles. The number of ether oxygens (including phenoxy) is 2. The van der Waals surface area contributed by atoms with Crippen LogP contribution in [-0.2, 0) is 4.74 Å². The number of amides is 1. The molecule has 0 spiro atoms. The molecule has 0 unspecified atom stereocenters. The predicted molar refractivity (Wildman–Crippen MR) is 115 cm³/mol. The number of hydrogen-bond donors (Lipinski definition) is 1. The summed E-state index contributed by atoms with van der Waals surface area (Å²) < 4.78 is 11.8. The molecule has 0 atom stereocenters. The highest BCUT2D eigenvalue weighted by atomic mass is 32.1. The SMILES string of the molecule is COc1ccc(C(=O)N(CC[NH+]2CCOCC2)c2nc3c(C)cccc3s2)cc1. The molecule has 2 heterocycles. The van der Waals surface area contributed by atoms with Gasteiger partial charge in [-0.05, 0) is 42.8 Å². The molecule has 6 nitrogen and oxygen atoms in total. The Kier molecular flexibility index (Phi) is 6.08. The molecule has 4 rings (SSSR count). The van der Waals surface area contributed by atoms with Crippen LogP contribution in [0.1, 0.15) is 15.9 Å². The Hall–Kier alpha value is -2.48. The Morgan fingerprint density at radius 3 is 2.66 bits per heavy atom. The van der Waals surface area contributed by atoms with Gasteiger partial charge in [0.2, 0.25) is 0 Å². The van der Waals surface area contributed by atoms with Gasteiger partial charge in [-0.25, -0.2) is 4.98 Å². The van der Waals surface area contributed by atoms with Crippen LogP contribution in [0.5, 0.6) is 5.75 Å². The van der Waals surface area contributed by atoms with E-state index in [1.54, 1.807) is 18.4 Å². The standard InChI is InChI=1S/C22H25N3O3S/c1-16-4-3-5-19-20(16)23-22(29-19)25(11-10-24-12-14-28-15-13-24)21(26)17-6-8-18(27-2)9-7-17/h3-9H,10-15H2,1-2H3/p+1. The third kappa shape index (κ3) is 4.42. The number of methoxy groups -OCH3 is 1. The average molecular weight is 413 g/mol. The minimum Gasteiger partial charge on any atom is -0.497 e. The quantitative estimate of drug-likeness (QED) is 0.674. The van der Waals surface area contributed by atoms with Crippen LogP contribution in [0.15, 0.2) is 42.5 Å². The van der Waals surface area contributed by atoms with Gasteiger partial charge in [0, 0.05) is 5.56 Å². The molecule has 3 aromatic rings. The Morgan fingerprint density at radius 2 is 1.97 bits per heavy atom. The Bertz CT molecular complexity index is 981. The molecule has 1 aliphatic heterocycles. The van der Waals surface area contributed by atoms with Crippen molar-refractivity contribution >= 4 is 32.6 Å². The van der Waals surface area contributed by atoms with Gasteiger partial charge in [0.1, 0.15) is 18.8 Å². The van der Waals surface area contributed by atoms with Crippen LogP contribution in [0.2, 0.25) is 0 Å². The zero-order valence-corrected chi connectivity index (χ0v) is 17.6. The first kappa shape index (κ1) is 19.8. The summed E-state index contributed by atoms with van der Waals surface area (Å²) in [4.78, 5) is 21.5. The lowest BCUT2D eigenvalue weighted by molar-refractivity contribution is -0.906. The number of thiazole rings is 1. The normalized spacial score (nSPS) is 14.8. The van der Waals surface area contributed by atoms with Gasteiger partial charge in [0.25, 0.3) is 5.91 Å².